The molecular formula is C12H19N3O3. The van der Waals surface area contributed by atoms with Crippen molar-refractivity contribution in [3.8, 4) is 0 Å². The van der Waals surface area contributed by atoms with Gasteiger partial charge in [-0.25, -0.2) is 0 Å². The highest BCUT2D eigenvalue weighted by molar-refractivity contribution is 5.75. The van der Waals surface area contributed by atoms with E-state index in [1.54, 1.807) is 0 Å². The molecule has 0 radical (unpaired) electrons. The van der Waals surface area contributed by atoms with Gasteiger partial charge in [-0.3, -0.25) is 9.69 Å². The Morgan fingerprint density at radius 3 is 3.11 bits per heavy atom. The molecule has 1 aromatic rings. The van der Waals surface area contributed by atoms with Crippen molar-refractivity contribution in [1.82, 2.24) is 15.0 Å². The molecule has 1 atom stereocenters. The Balaban J connectivity index is 2.04. The number of nitrogens with zero attached hydrogens (tertiary/aromatic N) is 3. The van der Waals surface area contributed by atoms with Crippen LogP contribution in [0.4, 0.5) is 0 Å². The SMILES string of the molecule is CCCC1(C(=O)O)CCCN(Cc2ncno2)C1. The molecular weight excluding hydrogens is 234 g/mol. The van der Waals surface area contributed by atoms with Crippen LogP contribution < -0.4 is 0 Å². The van der Waals surface area contributed by atoms with Crippen LogP contribution in [0.2, 0.25) is 0 Å². The van der Waals surface area contributed by atoms with Crippen LogP contribution >= 0.6 is 0 Å². The van der Waals surface area contributed by atoms with Crippen LogP contribution in [-0.2, 0) is 11.3 Å². The molecule has 0 saturated carbocycles. The van der Waals surface area contributed by atoms with Gasteiger partial charge in [-0.15, -0.1) is 0 Å². The first-order chi connectivity index (χ1) is 8.66. The van der Waals surface area contributed by atoms with Crippen LogP contribution in [0.15, 0.2) is 10.9 Å². The van der Waals surface area contributed by atoms with E-state index in [2.05, 4.69) is 15.0 Å². The third-order valence-electron chi connectivity index (χ3n) is 3.60. The van der Waals surface area contributed by atoms with E-state index in [0.29, 0.717) is 19.0 Å². The minimum absolute atomic E-state index is 0.540. The molecule has 6 nitrogen and oxygen atoms in total. The number of likely N-dealkylation sites (tertiary alicyclic amines) is 1. The molecule has 6 heteroatoms. The van der Waals surface area contributed by atoms with Crippen LogP contribution in [0.5, 0.6) is 0 Å². The Morgan fingerprint density at radius 2 is 2.50 bits per heavy atom. The lowest BCUT2D eigenvalue weighted by molar-refractivity contribution is -0.153. The Labute approximate surface area is 106 Å². The Morgan fingerprint density at radius 1 is 1.67 bits per heavy atom. The molecule has 0 aliphatic carbocycles. The molecule has 1 unspecified atom stereocenters. The molecule has 1 fully saturated rings. The van der Waals surface area contributed by atoms with Crippen molar-refractivity contribution in [3.05, 3.63) is 12.2 Å². The Bertz CT molecular complexity index is 389. The van der Waals surface area contributed by atoms with E-state index in [4.69, 9.17) is 4.52 Å². The molecule has 2 heterocycles. The molecule has 0 spiro atoms. The van der Waals surface area contributed by atoms with Crippen molar-refractivity contribution in [3.63, 3.8) is 0 Å². The highest BCUT2D eigenvalue weighted by atomic mass is 16.5. The molecule has 1 saturated heterocycles. The average molecular weight is 253 g/mol. The predicted molar refractivity (Wildman–Crippen MR) is 63.8 cm³/mol. The molecule has 18 heavy (non-hydrogen) atoms. The number of carbonyl (C=O) groups is 1. The van der Waals surface area contributed by atoms with E-state index in [1.165, 1.54) is 6.33 Å². The number of rotatable bonds is 5. The van der Waals surface area contributed by atoms with E-state index in [1.807, 2.05) is 6.92 Å². The van der Waals surface area contributed by atoms with Gasteiger partial charge in [-0.05, 0) is 25.8 Å². The van der Waals surface area contributed by atoms with Gasteiger partial charge in [0, 0.05) is 6.54 Å². The molecule has 0 aromatic carbocycles. The summed E-state index contributed by atoms with van der Waals surface area (Å²) < 4.78 is 4.97. The summed E-state index contributed by atoms with van der Waals surface area (Å²) in [6.45, 7) is 4.03. The summed E-state index contributed by atoms with van der Waals surface area (Å²) in [5.74, 6) is -0.132. The van der Waals surface area contributed by atoms with E-state index >= 15 is 0 Å². The second-order valence-electron chi connectivity index (χ2n) is 4.98. The Kier molecular flexibility index (Phi) is 3.96. The average Bonchev–Trinajstić information content (AvgIpc) is 2.82. The van der Waals surface area contributed by atoms with Crippen molar-refractivity contribution < 1.29 is 14.4 Å². The maximum Gasteiger partial charge on any atom is 0.310 e. The minimum atomic E-state index is -0.681. The third-order valence-corrected chi connectivity index (χ3v) is 3.60. The van der Waals surface area contributed by atoms with Crippen molar-refractivity contribution in [1.29, 1.82) is 0 Å². The Hall–Kier alpha value is -1.43. The first-order valence-electron chi connectivity index (χ1n) is 6.37. The fourth-order valence-corrected chi connectivity index (χ4v) is 2.78. The molecule has 1 aromatic heterocycles. The molecule has 0 amide bonds. The number of hydrogen-bond acceptors (Lipinski definition) is 5. The number of aliphatic carboxylic acids is 1. The zero-order chi connectivity index (χ0) is 13.0. The maximum absolute atomic E-state index is 11.5. The zero-order valence-corrected chi connectivity index (χ0v) is 10.6. The monoisotopic (exact) mass is 253 g/mol. The van der Waals surface area contributed by atoms with Gasteiger partial charge in [0.25, 0.3) is 0 Å². The zero-order valence-electron chi connectivity index (χ0n) is 10.6. The normalized spacial score (nSPS) is 25.2. The van der Waals surface area contributed by atoms with Crippen LogP contribution in [0.1, 0.15) is 38.5 Å². The van der Waals surface area contributed by atoms with Crippen molar-refractivity contribution in [2.24, 2.45) is 5.41 Å². The summed E-state index contributed by atoms with van der Waals surface area (Å²) in [7, 11) is 0. The van der Waals surface area contributed by atoms with E-state index in [-0.39, 0.29) is 0 Å². The standard InChI is InChI=1S/C12H19N3O3/c1-2-4-12(11(16)17)5-3-6-15(8-12)7-10-13-9-14-18-10/h9H,2-8H2,1H3,(H,16,17). The van der Waals surface area contributed by atoms with E-state index in [0.717, 1.165) is 32.2 Å². The van der Waals surface area contributed by atoms with Gasteiger partial charge >= 0.3 is 5.97 Å². The molecule has 1 N–H and O–H groups in total. The topological polar surface area (TPSA) is 79.5 Å². The predicted octanol–water partition coefficient (Wildman–Crippen LogP) is 1.54. The third kappa shape index (κ3) is 2.69. The van der Waals surface area contributed by atoms with Gasteiger partial charge in [0.1, 0.15) is 0 Å². The quantitative estimate of drug-likeness (QED) is 0.857. The van der Waals surface area contributed by atoms with Crippen molar-refractivity contribution in [2.45, 2.75) is 39.2 Å². The highest BCUT2D eigenvalue weighted by Gasteiger charge is 2.41. The van der Waals surface area contributed by atoms with Gasteiger partial charge in [-0.2, -0.15) is 4.98 Å². The second-order valence-corrected chi connectivity index (χ2v) is 4.98. The first kappa shape index (κ1) is 13.0. The lowest BCUT2D eigenvalue weighted by atomic mass is 9.76. The number of aromatic nitrogens is 2. The maximum atomic E-state index is 11.5. The number of piperidine rings is 1. The van der Waals surface area contributed by atoms with Crippen molar-refractivity contribution in [2.75, 3.05) is 13.1 Å². The summed E-state index contributed by atoms with van der Waals surface area (Å²) in [5, 5.41) is 13.1. The van der Waals surface area contributed by atoms with E-state index in [9.17, 15) is 9.90 Å². The smallest absolute Gasteiger partial charge is 0.310 e. The highest BCUT2D eigenvalue weighted by Crippen LogP contribution is 2.35. The lowest BCUT2D eigenvalue weighted by Crippen LogP contribution is -2.47. The first-order valence-corrected chi connectivity index (χ1v) is 6.37. The molecule has 0 bridgehead atoms. The second kappa shape index (κ2) is 5.48. The summed E-state index contributed by atoms with van der Waals surface area (Å²) in [5.41, 5.74) is -0.604. The summed E-state index contributed by atoms with van der Waals surface area (Å²) >= 11 is 0. The van der Waals surface area contributed by atoms with Crippen LogP contribution in [0, 0.1) is 5.41 Å². The summed E-state index contributed by atoms with van der Waals surface area (Å²) in [4.78, 5) is 17.6. The summed E-state index contributed by atoms with van der Waals surface area (Å²) in [6.07, 6.45) is 4.65. The minimum Gasteiger partial charge on any atom is -0.481 e. The van der Waals surface area contributed by atoms with Crippen LogP contribution in [0.3, 0.4) is 0 Å². The molecule has 1 aliphatic heterocycles. The largest absolute Gasteiger partial charge is 0.481 e. The van der Waals surface area contributed by atoms with Gasteiger partial charge in [0.05, 0.1) is 12.0 Å². The number of carboxylic acid groups (broad SMARTS) is 1. The van der Waals surface area contributed by atoms with Crippen LogP contribution in [-0.4, -0.2) is 39.2 Å². The number of carboxylic acids is 1. The summed E-state index contributed by atoms with van der Waals surface area (Å²) in [6, 6.07) is 0. The van der Waals surface area contributed by atoms with Gasteiger partial charge < -0.3 is 9.63 Å². The van der Waals surface area contributed by atoms with Crippen molar-refractivity contribution >= 4 is 5.97 Å². The van der Waals surface area contributed by atoms with Gasteiger partial charge in [0.2, 0.25) is 5.89 Å². The number of hydrogen-bond donors (Lipinski definition) is 1. The van der Waals surface area contributed by atoms with Crippen LogP contribution in [0.25, 0.3) is 0 Å². The lowest BCUT2D eigenvalue weighted by Gasteiger charge is -2.39. The molecule has 100 valence electrons. The molecule has 1 aliphatic rings. The fraction of sp³-hybridized carbons (Fsp3) is 0.750. The van der Waals surface area contributed by atoms with E-state index < -0.39 is 11.4 Å². The van der Waals surface area contributed by atoms with Gasteiger partial charge in [-0.1, -0.05) is 18.5 Å². The molecule has 2 rings (SSSR count). The fourth-order valence-electron chi connectivity index (χ4n) is 2.78. The van der Waals surface area contributed by atoms with Gasteiger partial charge in [0.15, 0.2) is 6.33 Å².